The van der Waals surface area contributed by atoms with Crippen LogP contribution < -0.4 is 24.2 Å². The standard InChI is InChI=1S/C19H20F2N2O3S.C18H18F2N2O3S.C13H12F3N3/c1-3-23-17(11-14-7-10-16(12-18(14)23)26-19(20)21)13-5-8-15(9-6-13)22-27(24,25)4-2;1-3-26(23,24)21-14-7-4-12(5-8-14)16-10-13-6-9-15(25-18(19)20)11-17(13)22(16)2;1-3-19-11-6-8(13(14,15)16)4-5-9(11)10(7-17)12(19)18-2/h5-12,19,22H,3-4H2,1-2H3;4-11,18,21H,3H2,1-2H3;4-6,18H,3H2,1-2H3. The molecule has 0 aliphatic heterocycles. The smallest absolute Gasteiger partial charge is 0.416 e. The summed E-state index contributed by atoms with van der Waals surface area (Å²) in [4.78, 5) is 0. The van der Waals surface area contributed by atoms with E-state index in [-0.39, 0.29) is 23.0 Å². The van der Waals surface area contributed by atoms with Crippen LogP contribution in [-0.4, -0.2) is 62.3 Å². The zero-order valence-corrected chi connectivity index (χ0v) is 41.3. The highest BCUT2D eigenvalue weighted by atomic mass is 32.2. The maximum Gasteiger partial charge on any atom is 0.416 e. The lowest BCUT2D eigenvalue weighted by Gasteiger charge is -2.11. The summed E-state index contributed by atoms with van der Waals surface area (Å²) in [5.41, 5.74) is 6.16. The van der Waals surface area contributed by atoms with E-state index in [1.807, 2.05) is 60.4 Å². The molecule has 72 heavy (non-hydrogen) atoms. The van der Waals surface area contributed by atoms with Gasteiger partial charge in [-0.25, -0.2) is 16.8 Å². The molecule has 0 spiro atoms. The Morgan fingerprint density at radius 2 is 1.08 bits per heavy atom. The van der Waals surface area contributed by atoms with Crippen molar-refractivity contribution in [3.8, 4) is 40.1 Å². The van der Waals surface area contributed by atoms with E-state index in [4.69, 9.17) is 5.26 Å². The van der Waals surface area contributed by atoms with Crippen molar-refractivity contribution in [2.75, 3.05) is 33.3 Å². The van der Waals surface area contributed by atoms with Crippen LogP contribution in [0.4, 0.5) is 47.9 Å². The number of hydrogen-bond acceptors (Lipinski definition) is 8. The number of rotatable bonds is 15. The number of alkyl halides is 7. The zero-order chi connectivity index (χ0) is 52.7. The van der Waals surface area contributed by atoms with E-state index in [1.165, 1.54) is 18.2 Å². The second-order valence-electron chi connectivity index (χ2n) is 15.8. The molecule has 0 bridgehead atoms. The molecule has 8 rings (SSSR count). The minimum Gasteiger partial charge on any atom is -0.435 e. The first-order valence-corrected chi connectivity index (χ1v) is 25.5. The average molecular weight is 1040 g/mol. The van der Waals surface area contributed by atoms with E-state index in [9.17, 15) is 47.6 Å². The van der Waals surface area contributed by atoms with Gasteiger partial charge in [0.2, 0.25) is 20.0 Å². The number of benzene rings is 5. The Morgan fingerprint density at radius 3 is 1.53 bits per heavy atom. The Morgan fingerprint density at radius 1 is 0.611 bits per heavy atom. The molecule has 382 valence electrons. The van der Waals surface area contributed by atoms with Crippen molar-refractivity contribution in [3.63, 3.8) is 0 Å². The topological polar surface area (TPSA) is 161 Å². The van der Waals surface area contributed by atoms with E-state index in [1.54, 1.807) is 86.1 Å². The van der Waals surface area contributed by atoms with Gasteiger partial charge in [-0.05, 0) is 112 Å². The van der Waals surface area contributed by atoms with Crippen LogP contribution in [0, 0.1) is 11.3 Å². The van der Waals surface area contributed by atoms with Crippen LogP contribution in [0.25, 0.3) is 55.2 Å². The van der Waals surface area contributed by atoms with E-state index in [0.717, 1.165) is 56.5 Å². The molecule has 0 atom stereocenters. The lowest BCUT2D eigenvalue weighted by molar-refractivity contribution is -0.137. The molecule has 8 aromatic rings. The van der Waals surface area contributed by atoms with Crippen LogP contribution in [0.1, 0.15) is 38.8 Å². The zero-order valence-electron chi connectivity index (χ0n) is 39.7. The van der Waals surface area contributed by atoms with E-state index < -0.39 is 45.0 Å². The van der Waals surface area contributed by atoms with Crippen LogP contribution in [0.15, 0.2) is 115 Å². The molecule has 22 heteroatoms. The molecule has 5 aromatic carbocycles. The second kappa shape index (κ2) is 22.4. The Kier molecular flexibility index (Phi) is 16.8. The van der Waals surface area contributed by atoms with Crippen molar-refractivity contribution in [1.29, 1.82) is 5.26 Å². The number of anilines is 3. The Balaban J connectivity index is 0.000000179. The van der Waals surface area contributed by atoms with Crippen molar-refractivity contribution in [2.24, 2.45) is 7.05 Å². The molecular formula is C50H50F7N7O6S2. The molecule has 0 saturated heterocycles. The molecule has 3 aromatic heterocycles. The molecule has 0 radical (unpaired) electrons. The van der Waals surface area contributed by atoms with Crippen LogP contribution in [-0.2, 0) is 46.4 Å². The molecule has 0 unspecified atom stereocenters. The number of hydrogen-bond donors (Lipinski definition) is 3. The van der Waals surface area contributed by atoms with Gasteiger partial charge < -0.3 is 28.5 Å². The second-order valence-corrected chi connectivity index (χ2v) is 19.8. The first-order valence-electron chi connectivity index (χ1n) is 22.2. The van der Waals surface area contributed by atoms with E-state index >= 15 is 0 Å². The van der Waals surface area contributed by atoms with Crippen LogP contribution in [0.2, 0.25) is 0 Å². The number of ether oxygens (including phenoxy) is 2. The maximum atomic E-state index is 12.7. The van der Waals surface area contributed by atoms with Gasteiger partial charge in [-0.1, -0.05) is 30.3 Å². The van der Waals surface area contributed by atoms with Crippen LogP contribution in [0.5, 0.6) is 11.5 Å². The normalized spacial score (nSPS) is 11.8. The largest absolute Gasteiger partial charge is 0.435 e. The van der Waals surface area contributed by atoms with Crippen LogP contribution in [0.3, 0.4) is 0 Å². The number of sulfonamides is 2. The first-order chi connectivity index (χ1) is 34.0. The van der Waals surface area contributed by atoms with Gasteiger partial charge in [-0.3, -0.25) is 9.44 Å². The number of aromatic nitrogens is 3. The molecule has 3 N–H and O–H groups in total. The summed E-state index contributed by atoms with van der Waals surface area (Å²) in [5.74, 6) is 0.757. The minimum absolute atomic E-state index is 0.000965. The van der Waals surface area contributed by atoms with Gasteiger partial charge in [0.25, 0.3) is 0 Å². The summed E-state index contributed by atoms with van der Waals surface area (Å²) in [6, 6.07) is 33.0. The van der Waals surface area contributed by atoms with Gasteiger partial charge in [-0.15, -0.1) is 0 Å². The summed E-state index contributed by atoms with van der Waals surface area (Å²) < 4.78 is 154. The maximum absolute atomic E-state index is 12.7. The fourth-order valence-electron chi connectivity index (χ4n) is 7.90. The van der Waals surface area contributed by atoms with Gasteiger partial charge in [0, 0.05) is 78.2 Å². The molecule has 3 heterocycles. The number of aryl methyl sites for hydroxylation is 3. The summed E-state index contributed by atoms with van der Waals surface area (Å²) >= 11 is 0. The third-order valence-electron chi connectivity index (χ3n) is 11.4. The highest BCUT2D eigenvalue weighted by Gasteiger charge is 2.31. The highest BCUT2D eigenvalue weighted by molar-refractivity contribution is 7.92. The van der Waals surface area contributed by atoms with E-state index in [0.29, 0.717) is 46.7 Å². The van der Waals surface area contributed by atoms with Gasteiger partial charge >= 0.3 is 19.4 Å². The van der Waals surface area contributed by atoms with Gasteiger partial charge in [0.05, 0.1) is 33.6 Å². The van der Waals surface area contributed by atoms with Gasteiger partial charge in [0.15, 0.2) is 0 Å². The van der Waals surface area contributed by atoms with Crippen molar-refractivity contribution in [2.45, 2.75) is 60.2 Å². The molecular weight excluding hydrogens is 992 g/mol. The summed E-state index contributed by atoms with van der Waals surface area (Å²) in [6.45, 7) is 2.31. The lowest BCUT2D eigenvalue weighted by Crippen LogP contribution is -2.14. The third kappa shape index (κ3) is 12.6. The molecule has 13 nitrogen and oxygen atoms in total. The Bertz CT molecular complexity index is 3460. The highest BCUT2D eigenvalue weighted by Crippen LogP contribution is 2.37. The Hall–Kier alpha value is -7.38. The Labute approximate surface area is 411 Å². The number of nitrogens with one attached hydrogen (secondary N) is 3. The predicted molar refractivity (Wildman–Crippen MR) is 268 cm³/mol. The van der Waals surface area contributed by atoms with Crippen molar-refractivity contribution < 1.29 is 57.0 Å². The van der Waals surface area contributed by atoms with Crippen LogP contribution >= 0.6 is 0 Å². The monoisotopic (exact) mass is 1040 g/mol. The summed E-state index contributed by atoms with van der Waals surface area (Å²) in [7, 11) is -3.18. The predicted octanol–water partition coefficient (Wildman–Crippen LogP) is 12.5. The number of fused-ring (bicyclic) bond motifs is 3. The van der Waals surface area contributed by atoms with E-state index in [2.05, 4.69) is 24.2 Å². The third-order valence-corrected chi connectivity index (χ3v) is 14.0. The SMILES string of the molecule is CCS(=O)(=O)Nc1ccc(-c2cc3ccc(OC(F)F)cc3n2C)cc1.CCn1c(-c2ccc(NS(=O)(=O)CC)cc2)cc2ccc(OC(F)F)cc21.CCn1c(NC)c(C#N)c2ccc(C(F)(F)F)cc21. The van der Waals surface area contributed by atoms with Gasteiger partial charge in [0.1, 0.15) is 28.9 Å². The van der Waals surface area contributed by atoms with Crippen molar-refractivity contribution in [3.05, 3.63) is 126 Å². The molecule has 0 aliphatic carbocycles. The average Bonchev–Trinajstić information content (AvgIpc) is 3.99. The molecule has 0 fully saturated rings. The number of nitriles is 1. The fourth-order valence-corrected chi connectivity index (χ4v) is 9.18. The number of halogens is 7. The van der Waals surface area contributed by atoms with Crippen molar-refractivity contribution >= 4 is 69.9 Å². The van der Waals surface area contributed by atoms with Crippen molar-refractivity contribution in [1.82, 2.24) is 13.7 Å². The van der Waals surface area contributed by atoms with Gasteiger partial charge in [-0.2, -0.15) is 36.0 Å². The summed E-state index contributed by atoms with van der Waals surface area (Å²) in [6.07, 6.45) is -4.39. The molecule has 0 amide bonds. The minimum atomic E-state index is -4.39. The number of nitrogens with zero attached hydrogens (tertiary/aromatic N) is 4. The molecule has 0 saturated carbocycles. The quantitative estimate of drug-likeness (QED) is 0.0855. The molecule has 0 aliphatic rings. The summed E-state index contributed by atoms with van der Waals surface area (Å²) in [5, 5.41) is 14.4. The lowest BCUT2D eigenvalue weighted by atomic mass is 10.1. The first kappa shape index (κ1) is 54.0. The fraction of sp³-hybridized carbons (Fsp3) is 0.260.